The molecule has 2 heterocycles. The average Bonchev–Trinajstić information content (AvgIpc) is 2.86. The smallest absolute Gasteiger partial charge is 0.356 e. The standard InChI is InChI=1S/C26H37N3O10S/c1-4-5-6-7-8-11-17(31)27-16(25(35)36)10-9-12-18(32)28-20-23(34)29-21(26(37)38)22(15(3)40-24(20)29)39-19(33)13-14(2)30/h15-16,20,24H,4-13H2,1-3H3,(H,27,31)(H,28,32)(H,35,36)(H,37,38)/t15?,16-,20?,24-/m1/s1. The summed E-state index contributed by atoms with van der Waals surface area (Å²) in [6.45, 7) is 4.85. The minimum Gasteiger partial charge on any atom is -0.480 e. The number of nitrogens with one attached hydrogen (secondary N) is 2. The van der Waals surface area contributed by atoms with Crippen molar-refractivity contribution < 1.29 is 48.5 Å². The Hall–Kier alpha value is -3.42. The third-order valence-corrected chi connectivity index (χ3v) is 7.79. The van der Waals surface area contributed by atoms with Crippen LogP contribution in [-0.2, 0) is 38.3 Å². The number of carboxylic acids is 2. The van der Waals surface area contributed by atoms with Crippen molar-refractivity contribution in [3.8, 4) is 0 Å². The monoisotopic (exact) mass is 583 g/mol. The highest BCUT2D eigenvalue weighted by Crippen LogP contribution is 2.44. The third-order valence-electron chi connectivity index (χ3n) is 6.40. The minimum atomic E-state index is -1.50. The lowest BCUT2D eigenvalue weighted by molar-refractivity contribution is -0.152. The number of hydrogen-bond acceptors (Lipinski definition) is 9. The average molecular weight is 584 g/mol. The normalized spacial score (nSPS) is 20.6. The zero-order valence-corrected chi connectivity index (χ0v) is 23.7. The molecule has 0 aromatic rings. The van der Waals surface area contributed by atoms with Crippen LogP contribution < -0.4 is 10.6 Å². The molecule has 2 unspecified atom stereocenters. The Bertz CT molecular complexity index is 1060. The first-order valence-electron chi connectivity index (χ1n) is 13.3. The molecule has 0 aliphatic carbocycles. The van der Waals surface area contributed by atoms with Gasteiger partial charge >= 0.3 is 17.9 Å². The molecule has 0 spiro atoms. The number of thioether (sulfide) groups is 1. The summed E-state index contributed by atoms with van der Waals surface area (Å²) in [5.41, 5.74) is -0.519. The first-order chi connectivity index (χ1) is 18.9. The van der Waals surface area contributed by atoms with E-state index in [0.717, 1.165) is 42.3 Å². The first kappa shape index (κ1) is 32.8. The molecule has 0 aromatic carbocycles. The first-order valence-corrected chi connectivity index (χ1v) is 14.3. The second kappa shape index (κ2) is 15.4. The third kappa shape index (κ3) is 9.07. The van der Waals surface area contributed by atoms with Gasteiger partial charge in [0.15, 0.2) is 11.5 Å². The van der Waals surface area contributed by atoms with Crippen LogP contribution >= 0.6 is 11.8 Å². The maximum atomic E-state index is 12.8. The maximum absolute atomic E-state index is 12.8. The molecule has 0 saturated carbocycles. The number of fused-ring (bicyclic) bond motifs is 1. The second-order valence-electron chi connectivity index (χ2n) is 9.81. The Kier molecular flexibility index (Phi) is 12.6. The molecule has 2 aliphatic rings. The van der Waals surface area contributed by atoms with Crippen molar-refractivity contribution in [1.29, 1.82) is 0 Å². The van der Waals surface area contributed by atoms with Gasteiger partial charge in [-0.25, -0.2) is 9.59 Å². The van der Waals surface area contributed by atoms with E-state index in [0.29, 0.717) is 6.42 Å². The van der Waals surface area contributed by atoms with Gasteiger partial charge < -0.3 is 25.6 Å². The van der Waals surface area contributed by atoms with E-state index in [-0.39, 0.29) is 37.3 Å². The molecule has 2 rings (SSSR count). The van der Waals surface area contributed by atoms with E-state index in [1.807, 2.05) is 0 Å². The number of carbonyl (C=O) groups is 7. The molecule has 0 aromatic heterocycles. The fourth-order valence-electron chi connectivity index (χ4n) is 4.38. The highest BCUT2D eigenvalue weighted by Gasteiger charge is 2.56. The Labute approximate surface area is 236 Å². The molecule has 222 valence electrons. The molecule has 3 amide bonds. The van der Waals surface area contributed by atoms with Gasteiger partial charge in [0, 0.05) is 12.8 Å². The van der Waals surface area contributed by atoms with Crippen LogP contribution in [0.5, 0.6) is 0 Å². The van der Waals surface area contributed by atoms with E-state index >= 15 is 0 Å². The van der Waals surface area contributed by atoms with Crippen LogP contribution in [0.3, 0.4) is 0 Å². The molecule has 0 radical (unpaired) electrons. The molecule has 1 fully saturated rings. The number of Topliss-reactive ketones (excluding diaryl/α,β-unsaturated/α-hetero) is 1. The second-order valence-corrected chi connectivity index (χ2v) is 11.3. The van der Waals surface area contributed by atoms with Gasteiger partial charge in [-0.1, -0.05) is 32.6 Å². The van der Waals surface area contributed by atoms with Crippen LogP contribution in [0.25, 0.3) is 0 Å². The van der Waals surface area contributed by atoms with E-state index in [4.69, 9.17) is 4.74 Å². The number of ketones is 1. The summed E-state index contributed by atoms with van der Waals surface area (Å²) >= 11 is 1.11. The highest BCUT2D eigenvalue weighted by atomic mass is 32.2. The summed E-state index contributed by atoms with van der Waals surface area (Å²) in [5.74, 6) is -5.94. The van der Waals surface area contributed by atoms with Gasteiger partial charge in [-0.15, -0.1) is 11.8 Å². The lowest BCUT2D eigenvalue weighted by Gasteiger charge is -2.50. The Morgan fingerprint density at radius 1 is 1.00 bits per heavy atom. The van der Waals surface area contributed by atoms with E-state index in [2.05, 4.69) is 17.6 Å². The van der Waals surface area contributed by atoms with Crippen LogP contribution in [0.2, 0.25) is 0 Å². The van der Waals surface area contributed by atoms with E-state index in [9.17, 15) is 43.8 Å². The largest absolute Gasteiger partial charge is 0.480 e. The summed E-state index contributed by atoms with van der Waals surface area (Å²) < 4.78 is 5.12. The predicted molar refractivity (Wildman–Crippen MR) is 142 cm³/mol. The molecule has 1 saturated heterocycles. The van der Waals surface area contributed by atoms with Gasteiger partial charge in [-0.05, 0) is 33.1 Å². The lowest BCUT2D eigenvalue weighted by Crippen LogP contribution is -2.71. The molecule has 40 heavy (non-hydrogen) atoms. The number of unbranched alkanes of at least 4 members (excludes halogenated alkanes) is 4. The summed E-state index contributed by atoms with van der Waals surface area (Å²) in [6, 6.07) is -2.16. The fourth-order valence-corrected chi connectivity index (χ4v) is 5.76. The van der Waals surface area contributed by atoms with E-state index in [1.54, 1.807) is 6.92 Å². The zero-order chi connectivity index (χ0) is 30.0. The summed E-state index contributed by atoms with van der Waals surface area (Å²) in [7, 11) is 0. The van der Waals surface area contributed by atoms with Crippen molar-refractivity contribution in [2.75, 3.05) is 0 Å². The Morgan fingerprint density at radius 3 is 2.25 bits per heavy atom. The molecule has 0 bridgehead atoms. The number of aliphatic carboxylic acids is 2. The minimum absolute atomic E-state index is 0.0190. The predicted octanol–water partition coefficient (Wildman–Crippen LogP) is 1.69. The van der Waals surface area contributed by atoms with Crippen molar-refractivity contribution in [3.63, 3.8) is 0 Å². The van der Waals surface area contributed by atoms with Crippen LogP contribution in [0.4, 0.5) is 0 Å². The van der Waals surface area contributed by atoms with Crippen molar-refractivity contribution in [2.24, 2.45) is 0 Å². The van der Waals surface area contributed by atoms with Gasteiger partial charge in [0.2, 0.25) is 11.8 Å². The molecule has 4 N–H and O–H groups in total. The number of esters is 1. The zero-order valence-electron chi connectivity index (χ0n) is 22.9. The number of ether oxygens (including phenoxy) is 1. The Morgan fingerprint density at radius 2 is 1.65 bits per heavy atom. The number of rotatable bonds is 17. The number of carbonyl (C=O) groups excluding carboxylic acids is 5. The van der Waals surface area contributed by atoms with E-state index in [1.165, 1.54) is 6.92 Å². The molecule has 13 nitrogen and oxygen atoms in total. The molecule has 14 heteroatoms. The summed E-state index contributed by atoms with van der Waals surface area (Å²) in [4.78, 5) is 85.0. The molecular weight excluding hydrogens is 546 g/mol. The van der Waals surface area contributed by atoms with Gasteiger partial charge in [-0.2, -0.15) is 0 Å². The van der Waals surface area contributed by atoms with Gasteiger partial charge in [0.1, 0.15) is 29.7 Å². The SMILES string of the molecule is CCCCCCCC(=O)N[C@H](CCCC(=O)NC1C(=O)N2C(C(=O)O)=C(OC(=O)CC(C)=O)C(C)S[C@H]12)C(=O)O. The molecule has 4 atom stereocenters. The lowest BCUT2D eigenvalue weighted by atomic mass is 10.0. The number of hydrogen-bond donors (Lipinski definition) is 4. The maximum Gasteiger partial charge on any atom is 0.356 e. The highest BCUT2D eigenvalue weighted by molar-refractivity contribution is 8.00. The van der Waals surface area contributed by atoms with Crippen LogP contribution in [0, 0.1) is 0 Å². The van der Waals surface area contributed by atoms with Crippen LogP contribution in [0.15, 0.2) is 11.5 Å². The topological polar surface area (TPSA) is 196 Å². The fraction of sp³-hybridized carbons (Fsp3) is 0.654. The van der Waals surface area contributed by atoms with Crippen molar-refractivity contribution in [1.82, 2.24) is 15.5 Å². The number of amides is 3. The Balaban J connectivity index is 1.90. The van der Waals surface area contributed by atoms with Crippen molar-refractivity contribution in [2.45, 2.75) is 108 Å². The van der Waals surface area contributed by atoms with E-state index < -0.39 is 70.3 Å². The van der Waals surface area contributed by atoms with Gasteiger partial charge in [0.05, 0.1) is 5.25 Å². The number of carboxylic acid groups (broad SMARTS) is 2. The number of β-lactam (4-membered cyclic amide) rings is 1. The van der Waals surface area contributed by atoms with Crippen molar-refractivity contribution in [3.05, 3.63) is 11.5 Å². The molecular formula is C26H37N3O10S. The van der Waals surface area contributed by atoms with Crippen LogP contribution in [-0.4, -0.2) is 79.2 Å². The van der Waals surface area contributed by atoms with Crippen LogP contribution in [0.1, 0.15) is 85.0 Å². The van der Waals surface area contributed by atoms with Crippen molar-refractivity contribution >= 4 is 53.2 Å². The molecule has 2 aliphatic heterocycles. The quantitative estimate of drug-likeness (QED) is 0.0841. The summed E-state index contributed by atoms with van der Waals surface area (Å²) in [5, 5.41) is 22.8. The van der Waals surface area contributed by atoms with Gasteiger partial charge in [-0.3, -0.25) is 28.9 Å². The summed E-state index contributed by atoms with van der Waals surface area (Å²) in [6.07, 6.45) is 4.48. The number of nitrogens with zero attached hydrogens (tertiary/aromatic N) is 1. The van der Waals surface area contributed by atoms with Gasteiger partial charge in [0.25, 0.3) is 5.91 Å².